The predicted molar refractivity (Wildman–Crippen MR) is 151 cm³/mol. The molecule has 2 heterocycles. The Balaban J connectivity index is 1.01. The summed E-state index contributed by atoms with van der Waals surface area (Å²) < 4.78 is 92.0. The van der Waals surface area contributed by atoms with Crippen LogP contribution < -0.4 is 15.4 Å². The average molecular weight is 688 g/mol. The number of carbonyl (C=O) groups is 5. The van der Waals surface area contributed by atoms with Gasteiger partial charge in [-0.3, -0.25) is 34.2 Å². The Kier molecular flexibility index (Phi) is 12.9. The van der Waals surface area contributed by atoms with E-state index in [0.717, 1.165) is 4.90 Å². The summed E-state index contributed by atoms with van der Waals surface area (Å²) in [5.41, 5.74) is 0.717. The van der Waals surface area contributed by atoms with Crippen molar-refractivity contribution >= 4 is 35.3 Å². The molecule has 0 bridgehead atoms. The molecule has 2 aliphatic heterocycles. The summed E-state index contributed by atoms with van der Waals surface area (Å²) in [5.74, 6) is -16.7. The van der Waals surface area contributed by atoms with E-state index in [2.05, 4.69) is 15.4 Å². The second kappa shape index (κ2) is 17.0. The number of ether oxygens (including phenoxy) is 5. The van der Waals surface area contributed by atoms with Crippen LogP contribution in [0.25, 0.3) is 0 Å². The lowest BCUT2D eigenvalue weighted by Gasteiger charge is -2.27. The number of carbonyl (C=O) groups excluding carboxylic acids is 5. The van der Waals surface area contributed by atoms with E-state index >= 15 is 0 Å². The van der Waals surface area contributed by atoms with Crippen molar-refractivity contribution in [2.24, 2.45) is 0 Å². The number of halogens is 5. The van der Waals surface area contributed by atoms with Gasteiger partial charge in [-0.15, -0.1) is 0 Å². The van der Waals surface area contributed by atoms with Crippen LogP contribution in [-0.4, -0.2) is 99.9 Å². The second-order valence-corrected chi connectivity index (χ2v) is 10.2. The quantitative estimate of drug-likeness (QED) is 0.0451. The SMILES string of the molecule is O=C1CCC(N2C(=O)c3cccc(NCCOCCOCCOCCOCCC(=O)Oc4c(F)c(F)c(F)c(F)c4F)c3C2=O)C(=O)N1. The van der Waals surface area contributed by atoms with Crippen LogP contribution >= 0.6 is 0 Å². The number of nitrogens with one attached hydrogen (secondary N) is 2. The van der Waals surface area contributed by atoms with Crippen molar-refractivity contribution in [3.63, 3.8) is 0 Å². The largest absolute Gasteiger partial charge is 0.420 e. The standard InChI is InChI=1S/C30H30F5N3O10/c31-22-23(32)25(34)27(26(35)24(22)33)48-20(40)6-8-44-10-12-46-14-15-47-13-11-45-9-7-36-17-3-1-2-16-21(17)30(43)38(29(16)42)18-4-5-19(39)37-28(18)41/h1-3,18,36H,4-15H2,(H,37,39,41). The van der Waals surface area contributed by atoms with Crippen LogP contribution in [0, 0.1) is 29.1 Å². The van der Waals surface area contributed by atoms with Crippen LogP contribution in [0.2, 0.25) is 0 Å². The van der Waals surface area contributed by atoms with Gasteiger partial charge in [0.25, 0.3) is 11.8 Å². The van der Waals surface area contributed by atoms with E-state index in [-0.39, 0.29) is 76.8 Å². The molecule has 0 aromatic heterocycles. The summed E-state index contributed by atoms with van der Waals surface area (Å²) in [6.45, 7) is 1.36. The number of nitrogens with zero attached hydrogens (tertiary/aromatic N) is 1. The van der Waals surface area contributed by atoms with Crippen LogP contribution in [0.15, 0.2) is 18.2 Å². The summed E-state index contributed by atoms with van der Waals surface area (Å²) in [5, 5.41) is 5.21. The molecular weight excluding hydrogens is 657 g/mol. The van der Waals surface area contributed by atoms with Crippen molar-refractivity contribution in [2.45, 2.75) is 25.3 Å². The zero-order chi connectivity index (χ0) is 34.8. The first-order chi connectivity index (χ1) is 23.0. The maximum Gasteiger partial charge on any atom is 0.313 e. The highest BCUT2D eigenvalue weighted by molar-refractivity contribution is 6.25. The van der Waals surface area contributed by atoms with Crippen LogP contribution in [-0.2, 0) is 33.3 Å². The molecule has 2 aromatic rings. The van der Waals surface area contributed by atoms with Gasteiger partial charge >= 0.3 is 5.97 Å². The third-order valence-electron chi connectivity index (χ3n) is 6.98. The molecule has 13 nitrogen and oxygen atoms in total. The number of rotatable bonds is 18. The van der Waals surface area contributed by atoms with Crippen LogP contribution in [0.4, 0.5) is 27.6 Å². The molecule has 4 rings (SSSR count). The van der Waals surface area contributed by atoms with Crippen molar-refractivity contribution in [1.29, 1.82) is 0 Å². The minimum Gasteiger partial charge on any atom is -0.420 e. The number of imide groups is 2. The molecule has 4 amide bonds. The molecule has 0 radical (unpaired) electrons. The third kappa shape index (κ3) is 8.68. The predicted octanol–water partition coefficient (Wildman–Crippen LogP) is 2.26. The number of hydrogen-bond donors (Lipinski definition) is 2. The molecule has 48 heavy (non-hydrogen) atoms. The van der Waals surface area contributed by atoms with E-state index in [4.69, 9.17) is 18.9 Å². The van der Waals surface area contributed by atoms with Gasteiger partial charge in [0.2, 0.25) is 46.6 Å². The zero-order valence-electron chi connectivity index (χ0n) is 25.2. The van der Waals surface area contributed by atoms with Crippen molar-refractivity contribution < 1.29 is 69.6 Å². The van der Waals surface area contributed by atoms with Gasteiger partial charge < -0.3 is 29.0 Å². The molecular formula is C30H30F5N3O10. The fourth-order valence-electron chi connectivity index (χ4n) is 4.68. The molecule has 0 spiro atoms. The molecule has 1 fully saturated rings. The number of esters is 1. The molecule has 1 atom stereocenters. The van der Waals surface area contributed by atoms with Crippen molar-refractivity contribution in [3.8, 4) is 5.75 Å². The fourth-order valence-corrected chi connectivity index (χ4v) is 4.68. The lowest BCUT2D eigenvalue weighted by molar-refractivity contribution is -0.137. The Hall–Kier alpha value is -4.52. The molecule has 1 unspecified atom stereocenters. The fraction of sp³-hybridized carbons (Fsp3) is 0.433. The molecule has 0 saturated carbocycles. The smallest absolute Gasteiger partial charge is 0.313 e. The number of anilines is 1. The second-order valence-electron chi connectivity index (χ2n) is 10.2. The lowest BCUT2D eigenvalue weighted by Crippen LogP contribution is -2.54. The van der Waals surface area contributed by atoms with Gasteiger partial charge in [0.05, 0.1) is 70.4 Å². The van der Waals surface area contributed by atoms with Crippen LogP contribution in [0.5, 0.6) is 5.75 Å². The minimum atomic E-state index is -2.37. The minimum absolute atomic E-state index is 0.0244. The molecule has 2 aromatic carbocycles. The van der Waals surface area contributed by atoms with Gasteiger partial charge in [-0.25, -0.2) is 13.2 Å². The number of fused-ring (bicyclic) bond motifs is 1. The highest BCUT2D eigenvalue weighted by Crippen LogP contribution is 2.32. The number of amides is 4. The summed E-state index contributed by atoms with van der Waals surface area (Å²) in [6.07, 6.45) is -0.438. The first kappa shape index (κ1) is 36.3. The average Bonchev–Trinajstić information content (AvgIpc) is 3.32. The van der Waals surface area contributed by atoms with Gasteiger partial charge in [-0.05, 0) is 18.6 Å². The maximum atomic E-state index is 13.6. The molecule has 2 N–H and O–H groups in total. The van der Waals surface area contributed by atoms with E-state index in [0.29, 0.717) is 12.2 Å². The Morgan fingerprint density at radius 2 is 1.33 bits per heavy atom. The summed E-state index contributed by atoms with van der Waals surface area (Å²) in [4.78, 5) is 62.3. The topological polar surface area (TPSA) is 159 Å². The number of benzene rings is 2. The van der Waals surface area contributed by atoms with Crippen molar-refractivity contribution in [3.05, 3.63) is 58.4 Å². The van der Waals surface area contributed by atoms with Gasteiger partial charge in [0.15, 0.2) is 0 Å². The van der Waals surface area contributed by atoms with Crippen molar-refractivity contribution in [1.82, 2.24) is 10.2 Å². The Bertz CT molecular complexity index is 1530. The zero-order valence-corrected chi connectivity index (χ0v) is 25.2. The first-order valence-electron chi connectivity index (χ1n) is 14.6. The van der Waals surface area contributed by atoms with Gasteiger partial charge in [-0.2, -0.15) is 8.78 Å². The molecule has 0 aliphatic carbocycles. The monoisotopic (exact) mass is 687 g/mol. The molecule has 260 valence electrons. The van der Waals surface area contributed by atoms with Crippen LogP contribution in [0.1, 0.15) is 40.0 Å². The normalized spacial score (nSPS) is 15.9. The highest BCUT2D eigenvalue weighted by Gasteiger charge is 2.45. The van der Waals surface area contributed by atoms with E-state index < -0.39 is 76.9 Å². The van der Waals surface area contributed by atoms with Crippen molar-refractivity contribution in [2.75, 3.05) is 64.7 Å². The van der Waals surface area contributed by atoms with Gasteiger partial charge in [0.1, 0.15) is 6.04 Å². The van der Waals surface area contributed by atoms with E-state index in [1.807, 2.05) is 0 Å². The third-order valence-corrected chi connectivity index (χ3v) is 6.98. The van der Waals surface area contributed by atoms with Crippen LogP contribution in [0.3, 0.4) is 0 Å². The molecule has 2 aliphatic rings. The summed E-state index contributed by atoms with van der Waals surface area (Å²) >= 11 is 0. The van der Waals surface area contributed by atoms with Gasteiger partial charge in [0, 0.05) is 18.7 Å². The summed E-state index contributed by atoms with van der Waals surface area (Å²) in [7, 11) is 0. The first-order valence-corrected chi connectivity index (χ1v) is 14.6. The lowest BCUT2D eigenvalue weighted by atomic mass is 10.0. The van der Waals surface area contributed by atoms with E-state index in [1.165, 1.54) is 6.07 Å². The number of hydrogen-bond acceptors (Lipinski definition) is 11. The molecule has 1 saturated heterocycles. The Morgan fingerprint density at radius 1 is 0.771 bits per heavy atom. The molecule has 18 heteroatoms. The van der Waals surface area contributed by atoms with E-state index in [9.17, 15) is 45.9 Å². The Labute approximate surface area is 269 Å². The summed E-state index contributed by atoms with van der Waals surface area (Å²) in [6, 6.07) is 3.68. The maximum absolute atomic E-state index is 13.6. The van der Waals surface area contributed by atoms with Gasteiger partial charge in [-0.1, -0.05) is 6.07 Å². The Morgan fingerprint density at radius 3 is 1.94 bits per heavy atom. The highest BCUT2D eigenvalue weighted by atomic mass is 19.2. The van der Waals surface area contributed by atoms with E-state index in [1.54, 1.807) is 12.1 Å². The number of piperidine rings is 1.